The van der Waals surface area contributed by atoms with E-state index in [-0.39, 0.29) is 11.9 Å². The van der Waals surface area contributed by atoms with Gasteiger partial charge in [-0.05, 0) is 62.6 Å². The Hall–Kier alpha value is -2.46. The molecular formula is C21H30N2O7S. The standard InChI is InChI=1S/C19H28N2O3S.C2H2O4/c1-12-6-8-21(9-7-12)11-16(22)20-18-17(19(23)24-3)14-5-4-13(2)10-15(14)25-18;3-1(4)2(5)6/h12-13H,4-11H2,1-3H3,(H,20,22);(H,3,4)(H,5,6). The SMILES string of the molecule is COC(=O)c1c(NC(=O)CN2CCC(C)CC2)sc2c1CCC(C)C2.O=C(O)C(=O)O. The van der Waals surface area contributed by atoms with Crippen molar-refractivity contribution in [3.8, 4) is 0 Å². The van der Waals surface area contributed by atoms with E-state index in [9.17, 15) is 9.59 Å². The lowest BCUT2D eigenvalue weighted by molar-refractivity contribution is -0.159. The Bertz CT molecular complexity index is 816. The van der Waals surface area contributed by atoms with Crippen LogP contribution in [0.5, 0.6) is 0 Å². The first kappa shape index (κ1) is 24.8. The Labute approximate surface area is 185 Å². The number of nitrogens with zero attached hydrogens (tertiary/aromatic N) is 1. The highest BCUT2D eigenvalue weighted by molar-refractivity contribution is 7.17. The van der Waals surface area contributed by atoms with E-state index in [1.807, 2.05) is 0 Å². The first-order chi connectivity index (χ1) is 14.6. The number of carbonyl (C=O) groups is 4. The third-order valence-electron chi connectivity index (χ3n) is 5.58. The van der Waals surface area contributed by atoms with Crippen LogP contribution in [0.1, 0.15) is 53.9 Å². The normalized spacial score (nSPS) is 18.9. The van der Waals surface area contributed by atoms with Gasteiger partial charge in [-0.2, -0.15) is 0 Å². The average molecular weight is 455 g/mol. The van der Waals surface area contributed by atoms with Crippen LogP contribution >= 0.6 is 11.3 Å². The lowest BCUT2D eigenvalue weighted by Crippen LogP contribution is -2.38. The number of carbonyl (C=O) groups excluding carboxylic acids is 2. The molecule has 1 aromatic rings. The summed E-state index contributed by atoms with van der Waals surface area (Å²) < 4.78 is 4.98. The summed E-state index contributed by atoms with van der Waals surface area (Å²) in [5, 5.41) is 18.4. The summed E-state index contributed by atoms with van der Waals surface area (Å²) in [6.45, 7) is 6.83. The molecule has 1 aromatic heterocycles. The van der Waals surface area contributed by atoms with E-state index in [0.29, 0.717) is 23.0 Å². The molecule has 9 nitrogen and oxygen atoms in total. The second-order valence-electron chi connectivity index (χ2n) is 8.16. The topological polar surface area (TPSA) is 133 Å². The van der Waals surface area contributed by atoms with Crippen LogP contribution in [0.15, 0.2) is 0 Å². The van der Waals surface area contributed by atoms with E-state index in [1.54, 1.807) is 11.3 Å². The molecule has 2 aliphatic rings. The fraction of sp³-hybridized carbons (Fsp3) is 0.619. The zero-order valence-corrected chi connectivity index (χ0v) is 18.9. The molecule has 3 N–H and O–H groups in total. The van der Waals surface area contributed by atoms with Gasteiger partial charge in [-0.1, -0.05) is 13.8 Å². The Kier molecular flexibility index (Phi) is 9.00. The summed E-state index contributed by atoms with van der Waals surface area (Å²) >= 11 is 1.55. The number of aliphatic carboxylic acids is 2. The van der Waals surface area contributed by atoms with Crippen molar-refractivity contribution in [3.05, 3.63) is 16.0 Å². The fourth-order valence-electron chi connectivity index (χ4n) is 3.75. The molecule has 172 valence electrons. The van der Waals surface area contributed by atoms with Gasteiger partial charge in [0.05, 0.1) is 19.2 Å². The van der Waals surface area contributed by atoms with Crippen LogP contribution < -0.4 is 5.32 Å². The van der Waals surface area contributed by atoms with E-state index < -0.39 is 11.9 Å². The molecular weight excluding hydrogens is 424 g/mol. The highest BCUT2D eigenvalue weighted by atomic mass is 32.1. The lowest BCUT2D eigenvalue weighted by Gasteiger charge is -2.29. The molecule has 1 atom stereocenters. The quantitative estimate of drug-likeness (QED) is 0.467. The van der Waals surface area contributed by atoms with Crippen molar-refractivity contribution in [1.82, 2.24) is 4.90 Å². The number of fused-ring (bicyclic) bond motifs is 1. The number of ether oxygens (including phenoxy) is 1. The number of carboxylic acid groups (broad SMARTS) is 2. The zero-order chi connectivity index (χ0) is 23.1. The summed E-state index contributed by atoms with van der Waals surface area (Å²) in [6.07, 6.45) is 5.23. The van der Waals surface area contributed by atoms with E-state index in [1.165, 1.54) is 12.0 Å². The first-order valence-corrected chi connectivity index (χ1v) is 11.1. The van der Waals surface area contributed by atoms with E-state index >= 15 is 0 Å². The van der Waals surface area contributed by atoms with Crippen molar-refractivity contribution >= 4 is 40.2 Å². The Balaban J connectivity index is 0.000000501. The number of hydrogen-bond acceptors (Lipinski definition) is 7. The second kappa shape index (κ2) is 11.2. The molecule has 1 saturated heterocycles. The van der Waals surface area contributed by atoms with Gasteiger partial charge < -0.3 is 20.3 Å². The summed E-state index contributed by atoms with van der Waals surface area (Å²) in [7, 11) is 1.40. The number of methoxy groups -OCH3 is 1. The number of nitrogens with one attached hydrogen (secondary N) is 1. The Morgan fingerprint density at radius 2 is 1.68 bits per heavy atom. The first-order valence-electron chi connectivity index (χ1n) is 10.3. The minimum atomic E-state index is -1.82. The van der Waals surface area contributed by atoms with Crippen LogP contribution in [0, 0.1) is 11.8 Å². The van der Waals surface area contributed by atoms with Gasteiger partial charge in [0.15, 0.2) is 0 Å². The molecule has 10 heteroatoms. The number of hydrogen-bond donors (Lipinski definition) is 3. The number of rotatable bonds is 4. The number of likely N-dealkylation sites (tertiary alicyclic amines) is 1. The van der Waals surface area contributed by atoms with Gasteiger partial charge >= 0.3 is 17.9 Å². The molecule has 0 radical (unpaired) electrons. The minimum absolute atomic E-state index is 0.0358. The van der Waals surface area contributed by atoms with E-state index in [0.717, 1.165) is 56.7 Å². The molecule has 0 aromatic carbocycles. The number of amides is 1. The number of piperidine rings is 1. The third kappa shape index (κ3) is 7.03. The highest BCUT2D eigenvalue weighted by Crippen LogP contribution is 2.40. The predicted octanol–water partition coefficient (Wildman–Crippen LogP) is 2.49. The Morgan fingerprint density at radius 3 is 2.23 bits per heavy atom. The Morgan fingerprint density at radius 1 is 1.06 bits per heavy atom. The molecule has 1 unspecified atom stereocenters. The monoisotopic (exact) mass is 454 g/mol. The van der Waals surface area contributed by atoms with E-state index in [2.05, 4.69) is 24.1 Å². The summed E-state index contributed by atoms with van der Waals surface area (Å²) in [4.78, 5) is 46.4. The minimum Gasteiger partial charge on any atom is -0.473 e. The average Bonchev–Trinajstić information content (AvgIpc) is 3.06. The third-order valence-corrected chi connectivity index (χ3v) is 6.75. The van der Waals surface area contributed by atoms with Crippen LogP contribution in [0.25, 0.3) is 0 Å². The highest BCUT2D eigenvalue weighted by Gasteiger charge is 2.29. The largest absolute Gasteiger partial charge is 0.473 e. The van der Waals surface area contributed by atoms with Gasteiger partial charge in [-0.15, -0.1) is 11.3 Å². The van der Waals surface area contributed by atoms with Gasteiger partial charge in [0, 0.05) is 4.88 Å². The van der Waals surface area contributed by atoms with Gasteiger partial charge in [-0.3, -0.25) is 9.69 Å². The van der Waals surface area contributed by atoms with Gasteiger partial charge in [0.2, 0.25) is 5.91 Å². The van der Waals surface area contributed by atoms with Crippen LogP contribution in [0.4, 0.5) is 5.00 Å². The van der Waals surface area contributed by atoms with Crippen LogP contribution in [-0.2, 0) is 32.0 Å². The van der Waals surface area contributed by atoms with Crippen molar-refractivity contribution in [2.45, 2.75) is 46.0 Å². The zero-order valence-electron chi connectivity index (χ0n) is 18.1. The number of anilines is 1. The van der Waals surface area contributed by atoms with Crippen LogP contribution in [0.2, 0.25) is 0 Å². The summed E-state index contributed by atoms with van der Waals surface area (Å²) in [6, 6.07) is 0. The molecule has 3 rings (SSSR count). The number of thiophene rings is 1. The number of carboxylic acids is 2. The van der Waals surface area contributed by atoms with Gasteiger partial charge in [-0.25, -0.2) is 14.4 Å². The maximum atomic E-state index is 12.5. The van der Waals surface area contributed by atoms with Crippen LogP contribution in [-0.4, -0.2) is 65.7 Å². The maximum Gasteiger partial charge on any atom is 0.414 e. The summed E-state index contributed by atoms with van der Waals surface area (Å²) in [5.41, 5.74) is 1.66. The van der Waals surface area contributed by atoms with Gasteiger partial charge in [0.25, 0.3) is 0 Å². The predicted molar refractivity (Wildman–Crippen MR) is 116 cm³/mol. The summed E-state index contributed by atoms with van der Waals surface area (Å²) in [5.74, 6) is -2.66. The van der Waals surface area contributed by atoms with Crippen molar-refractivity contribution in [2.24, 2.45) is 11.8 Å². The van der Waals surface area contributed by atoms with Crippen molar-refractivity contribution < 1.29 is 34.1 Å². The molecule has 0 saturated carbocycles. The van der Waals surface area contributed by atoms with E-state index in [4.69, 9.17) is 24.5 Å². The molecule has 2 heterocycles. The molecule has 1 fully saturated rings. The smallest absolute Gasteiger partial charge is 0.414 e. The van der Waals surface area contributed by atoms with Crippen molar-refractivity contribution in [1.29, 1.82) is 0 Å². The molecule has 0 bridgehead atoms. The molecule has 1 amide bonds. The fourth-order valence-corrected chi connectivity index (χ4v) is 5.16. The maximum absolute atomic E-state index is 12.5. The van der Waals surface area contributed by atoms with Gasteiger partial charge in [0.1, 0.15) is 5.00 Å². The molecule has 1 aliphatic heterocycles. The van der Waals surface area contributed by atoms with Crippen molar-refractivity contribution in [2.75, 3.05) is 32.1 Å². The number of esters is 1. The molecule has 1 aliphatic carbocycles. The molecule has 31 heavy (non-hydrogen) atoms. The second-order valence-corrected chi connectivity index (χ2v) is 9.27. The van der Waals surface area contributed by atoms with Crippen molar-refractivity contribution in [3.63, 3.8) is 0 Å². The molecule has 0 spiro atoms. The lowest BCUT2D eigenvalue weighted by atomic mass is 9.88. The van der Waals surface area contributed by atoms with Crippen LogP contribution in [0.3, 0.4) is 0 Å².